The lowest BCUT2D eigenvalue weighted by molar-refractivity contribution is 0.405. The van der Waals surface area contributed by atoms with Gasteiger partial charge in [0.15, 0.2) is 0 Å². The zero-order chi connectivity index (χ0) is 14.5. The molecule has 0 aliphatic carbocycles. The van der Waals surface area contributed by atoms with Crippen LogP contribution in [-0.4, -0.2) is 7.11 Å². The lowest BCUT2D eigenvalue weighted by Gasteiger charge is -2.10. The number of hydrogen-bond acceptors (Lipinski definition) is 2. The molecular formula is C19H16OS. The van der Waals surface area contributed by atoms with Crippen LogP contribution in [0, 0.1) is 0 Å². The fraction of sp³-hybridized carbons (Fsp3) is 0.0526. The third-order valence-electron chi connectivity index (χ3n) is 3.24. The Kier molecular flexibility index (Phi) is 4.27. The molecule has 0 heterocycles. The number of ether oxygens (including phenoxy) is 1. The van der Waals surface area contributed by atoms with Crippen LogP contribution in [0.4, 0.5) is 0 Å². The van der Waals surface area contributed by atoms with Crippen LogP contribution in [-0.2, 0) is 0 Å². The van der Waals surface area contributed by atoms with Crippen molar-refractivity contribution in [1.82, 2.24) is 0 Å². The van der Waals surface area contributed by atoms with Crippen molar-refractivity contribution in [2.24, 2.45) is 0 Å². The predicted molar refractivity (Wildman–Crippen MR) is 89.0 cm³/mol. The van der Waals surface area contributed by atoms with Gasteiger partial charge in [-0.25, -0.2) is 0 Å². The quantitative estimate of drug-likeness (QED) is 0.626. The third-order valence-corrected chi connectivity index (χ3v) is 4.29. The molecule has 3 aromatic carbocycles. The van der Waals surface area contributed by atoms with Gasteiger partial charge in [-0.05, 0) is 35.4 Å². The van der Waals surface area contributed by atoms with E-state index in [0.29, 0.717) is 0 Å². The smallest absolute Gasteiger partial charge is 0.132 e. The van der Waals surface area contributed by atoms with Gasteiger partial charge in [-0.2, -0.15) is 0 Å². The van der Waals surface area contributed by atoms with Gasteiger partial charge in [0.25, 0.3) is 0 Å². The van der Waals surface area contributed by atoms with Gasteiger partial charge in [0, 0.05) is 4.90 Å². The average molecular weight is 292 g/mol. The predicted octanol–water partition coefficient (Wildman–Crippen LogP) is 5.51. The summed E-state index contributed by atoms with van der Waals surface area (Å²) in [5.41, 5.74) is 2.42. The molecule has 0 spiro atoms. The maximum Gasteiger partial charge on any atom is 0.132 e. The topological polar surface area (TPSA) is 9.23 Å². The minimum Gasteiger partial charge on any atom is -0.496 e. The molecule has 0 radical (unpaired) electrons. The number of benzene rings is 3. The van der Waals surface area contributed by atoms with Crippen LogP contribution in [0.2, 0.25) is 0 Å². The normalized spacial score (nSPS) is 10.3. The summed E-state index contributed by atoms with van der Waals surface area (Å²) in [6.07, 6.45) is 0. The summed E-state index contributed by atoms with van der Waals surface area (Å²) in [5.74, 6) is 0.906. The summed E-state index contributed by atoms with van der Waals surface area (Å²) in [4.78, 5) is 2.34. The van der Waals surface area contributed by atoms with Crippen molar-refractivity contribution >= 4 is 11.8 Å². The Morgan fingerprint density at radius 3 is 2.05 bits per heavy atom. The van der Waals surface area contributed by atoms with Gasteiger partial charge in [0.1, 0.15) is 5.75 Å². The first kappa shape index (κ1) is 13.8. The second kappa shape index (κ2) is 6.51. The summed E-state index contributed by atoms with van der Waals surface area (Å²) >= 11 is 1.72. The van der Waals surface area contributed by atoms with Crippen molar-refractivity contribution in [3.05, 3.63) is 78.9 Å². The standard InChI is InChI=1S/C19H16OS/c1-20-18-13-12-16(15-8-4-2-5-9-15)14-19(18)21-17-10-6-3-7-11-17/h2-14H,1H3. The summed E-state index contributed by atoms with van der Waals surface area (Å²) in [5, 5.41) is 0. The Labute approximate surface area is 129 Å². The number of hydrogen-bond donors (Lipinski definition) is 0. The molecule has 0 aliphatic rings. The van der Waals surface area contributed by atoms with Gasteiger partial charge in [0.05, 0.1) is 12.0 Å². The molecule has 0 unspecified atom stereocenters. The fourth-order valence-electron chi connectivity index (χ4n) is 2.18. The minimum atomic E-state index is 0.906. The molecule has 0 saturated carbocycles. The largest absolute Gasteiger partial charge is 0.496 e. The molecule has 0 aromatic heterocycles. The maximum atomic E-state index is 5.49. The van der Waals surface area contributed by atoms with Crippen LogP contribution < -0.4 is 4.74 Å². The van der Waals surface area contributed by atoms with Crippen LogP contribution in [0.5, 0.6) is 5.75 Å². The minimum absolute atomic E-state index is 0.906. The van der Waals surface area contributed by atoms with E-state index in [9.17, 15) is 0 Å². The van der Waals surface area contributed by atoms with Crippen LogP contribution in [0.25, 0.3) is 11.1 Å². The molecule has 21 heavy (non-hydrogen) atoms. The molecule has 0 aliphatic heterocycles. The molecule has 0 amide bonds. The average Bonchev–Trinajstić information content (AvgIpc) is 2.56. The van der Waals surface area contributed by atoms with Crippen molar-refractivity contribution in [3.8, 4) is 16.9 Å². The Morgan fingerprint density at radius 2 is 1.38 bits per heavy atom. The van der Waals surface area contributed by atoms with E-state index >= 15 is 0 Å². The number of methoxy groups -OCH3 is 1. The van der Waals surface area contributed by atoms with E-state index in [0.717, 1.165) is 10.6 Å². The molecule has 0 atom stereocenters. The summed E-state index contributed by atoms with van der Waals surface area (Å²) in [7, 11) is 1.71. The molecule has 1 nitrogen and oxygen atoms in total. The van der Waals surface area contributed by atoms with Gasteiger partial charge in [-0.1, -0.05) is 66.4 Å². The maximum absolute atomic E-state index is 5.49. The Hall–Kier alpha value is -2.19. The molecule has 3 aromatic rings. The molecule has 0 fully saturated rings. The summed E-state index contributed by atoms with van der Waals surface area (Å²) < 4.78 is 5.49. The highest BCUT2D eigenvalue weighted by molar-refractivity contribution is 7.99. The van der Waals surface area contributed by atoms with Crippen molar-refractivity contribution in [3.63, 3.8) is 0 Å². The zero-order valence-electron chi connectivity index (χ0n) is 11.8. The third kappa shape index (κ3) is 3.29. The lowest BCUT2D eigenvalue weighted by atomic mass is 10.1. The summed E-state index contributed by atoms with van der Waals surface area (Å²) in [6, 6.07) is 27.1. The Bertz CT molecular complexity index is 708. The second-order valence-corrected chi connectivity index (χ2v) is 5.76. The van der Waals surface area contributed by atoms with Crippen molar-refractivity contribution in [1.29, 1.82) is 0 Å². The SMILES string of the molecule is COc1ccc(-c2ccccc2)cc1Sc1ccccc1. The van der Waals surface area contributed by atoms with Crippen molar-refractivity contribution in [2.75, 3.05) is 7.11 Å². The van der Waals surface area contributed by atoms with Crippen LogP contribution in [0.1, 0.15) is 0 Å². The first-order chi connectivity index (χ1) is 10.4. The van der Waals surface area contributed by atoms with Gasteiger partial charge >= 0.3 is 0 Å². The van der Waals surface area contributed by atoms with Gasteiger partial charge in [-0.3, -0.25) is 0 Å². The Balaban J connectivity index is 1.98. The molecular weight excluding hydrogens is 276 g/mol. The van der Waals surface area contributed by atoms with Gasteiger partial charge in [0.2, 0.25) is 0 Å². The number of rotatable bonds is 4. The molecule has 0 bridgehead atoms. The van der Waals surface area contributed by atoms with Crippen molar-refractivity contribution < 1.29 is 4.74 Å². The van der Waals surface area contributed by atoms with E-state index in [4.69, 9.17) is 4.74 Å². The van der Waals surface area contributed by atoms with Crippen LogP contribution in [0.15, 0.2) is 88.7 Å². The van der Waals surface area contributed by atoms with E-state index in [1.165, 1.54) is 16.0 Å². The van der Waals surface area contributed by atoms with Crippen molar-refractivity contribution in [2.45, 2.75) is 9.79 Å². The summed E-state index contributed by atoms with van der Waals surface area (Å²) in [6.45, 7) is 0. The lowest BCUT2D eigenvalue weighted by Crippen LogP contribution is -1.87. The highest BCUT2D eigenvalue weighted by atomic mass is 32.2. The van der Waals surface area contributed by atoms with Crippen LogP contribution >= 0.6 is 11.8 Å². The highest BCUT2D eigenvalue weighted by Crippen LogP contribution is 2.37. The second-order valence-electron chi connectivity index (χ2n) is 4.65. The van der Waals surface area contributed by atoms with E-state index in [1.54, 1.807) is 18.9 Å². The molecule has 0 saturated heterocycles. The van der Waals surface area contributed by atoms with Gasteiger partial charge < -0.3 is 4.74 Å². The van der Waals surface area contributed by atoms with Crippen LogP contribution in [0.3, 0.4) is 0 Å². The molecule has 3 rings (SSSR count). The zero-order valence-corrected chi connectivity index (χ0v) is 12.6. The van der Waals surface area contributed by atoms with Gasteiger partial charge in [-0.15, -0.1) is 0 Å². The van der Waals surface area contributed by atoms with E-state index in [-0.39, 0.29) is 0 Å². The molecule has 0 N–H and O–H groups in total. The highest BCUT2D eigenvalue weighted by Gasteiger charge is 2.07. The van der Waals surface area contributed by atoms with E-state index < -0.39 is 0 Å². The molecule has 104 valence electrons. The molecule has 2 heteroatoms. The Morgan fingerprint density at radius 1 is 0.714 bits per heavy atom. The monoisotopic (exact) mass is 292 g/mol. The fourth-order valence-corrected chi connectivity index (χ4v) is 3.17. The first-order valence-corrected chi connectivity index (χ1v) is 7.65. The van der Waals surface area contributed by atoms with E-state index in [1.807, 2.05) is 18.2 Å². The first-order valence-electron chi connectivity index (χ1n) is 6.83. The van der Waals surface area contributed by atoms with E-state index in [2.05, 4.69) is 60.7 Å².